The van der Waals surface area contributed by atoms with Crippen LogP contribution in [0.3, 0.4) is 0 Å². The van der Waals surface area contributed by atoms with Crippen LogP contribution in [0.25, 0.3) is 0 Å². The monoisotopic (exact) mass is 271 g/mol. The molecule has 1 aliphatic rings. The molecule has 0 aliphatic carbocycles. The van der Waals surface area contributed by atoms with E-state index < -0.39 is 10.5 Å². The van der Waals surface area contributed by atoms with Gasteiger partial charge in [-0.1, -0.05) is 11.6 Å². The summed E-state index contributed by atoms with van der Waals surface area (Å²) in [4.78, 5) is 16.3. The summed E-state index contributed by atoms with van der Waals surface area (Å²) in [6, 6.07) is 2.64. The van der Waals surface area contributed by atoms with E-state index >= 15 is 0 Å². The third-order valence-electron chi connectivity index (χ3n) is 3.14. The van der Waals surface area contributed by atoms with Gasteiger partial charge in [0.15, 0.2) is 0 Å². The maximum Gasteiger partial charge on any atom is 0.276 e. The topological polar surface area (TPSA) is 79.5 Å². The van der Waals surface area contributed by atoms with E-state index in [1.165, 1.54) is 12.1 Å². The van der Waals surface area contributed by atoms with Crippen LogP contribution in [-0.4, -0.2) is 33.7 Å². The smallest absolute Gasteiger partial charge is 0.276 e. The lowest BCUT2D eigenvalue weighted by Crippen LogP contribution is -2.42. The summed E-state index contributed by atoms with van der Waals surface area (Å²) in [6.45, 7) is 3.01. The minimum absolute atomic E-state index is 0.0673. The van der Waals surface area contributed by atoms with Crippen molar-refractivity contribution in [3.8, 4) is 0 Å². The lowest BCUT2D eigenvalue weighted by atomic mass is 9.94. The molecule has 1 N–H and O–H groups in total. The van der Waals surface area contributed by atoms with Crippen molar-refractivity contribution in [1.29, 1.82) is 0 Å². The highest BCUT2D eigenvalue weighted by Gasteiger charge is 2.28. The Balaban J connectivity index is 2.21. The Kier molecular flexibility index (Phi) is 3.41. The van der Waals surface area contributed by atoms with Crippen LogP contribution in [0, 0.1) is 10.1 Å². The molecule has 0 bridgehead atoms. The number of hydrogen-bond acceptors (Lipinski definition) is 5. The van der Waals surface area contributed by atoms with Gasteiger partial charge in [0.1, 0.15) is 11.0 Å². The molecule has 98 valence electrons. The van der Waals surface area contributed by atoms with Crippen LogP contribution in [0.4, 0.5) is 11.5 Å². The molecule has 6 nitrogen and oxygen atoms in total. The van der Waals surface area contributed by atoms with E-state index in [0.717, 1.165) is 0 Å². The second kappa shape index (κ2) is 4.70. The predicted octanol–water partition coefficient (Wildman–Crippen LogP) is 1.99. The molecule has 2 rings (SSSR count). The molecule has 0 unspecified atom stereocenters. The number of rotatable bonds is 2. The molecule has 0 atom stereocenters. The molecule has 0 aromatic carbocycles. The first-order valence-corrected chi connectivity index (χ1v) is 6.04. The predicted molar refractivity (Wildman–Crippen MR) is 68.0 cm³/mol. The van der Waals surface area contributed by atoms with Crippen LogP contribution < -0.4 is 4.90 Å². The Labute approximate surface area is 109 Å². The Morgan fingerprint density at radius 3 is 2.67 bits per heavy atom. The molecule has 2 heterocycles. The van der Waals surface area contributed by atoms with Crippen LogP contribution in [0.15, 0.2) is 12.1 Å². The number of nitrogens with zero attached hydrogens (tertiary/aromatic N) is 3. The van der Waals surface area contributed by atoms with Crippen molar-refractivity contribution in [2.24, 2.45) is 0 Å². The molecule has 1 aromatic rings. The molecule has 1 fully saturated rings. The molecule has 0 amide bonds. The van der Waals surface area contributed by atoms with Gasteiger partial charge in [0.05, 0.1) is 22.7 Å². The summed E-state index contributed by atoms with van der Waals surface area (Å²) in [5.74, 6) is 0.490. The minimum Gasteiger partial charge on any atom is -0.390 e. The van der Waals surface area contributed by atoms with E-state index in [9.17, 15) is 15.2 Å². The second-order valence-corrected chi connectivity index (χ2v) is 5.13. The lowest BCUT2D eigenvalue weighted by molar-refractivity contribution is -0.384. The van der Waals surface area contributed by atoms with Gasteiger partial charge < -0.3 is 10.0 Å². The number of halogens is 1. The second-order valence-electron chi connectivity index (χ2n) is 4.75. The Morgan fingerprint density at radius 2 is 2.11 bits per heavy atom. The first-order valence-electron chi connectivity index (χ1n) is 5.67. The van der Waals surface area contributed by atoms with Gasteiger partial charge in [-0.25, -0.2) is 4.98 Å². The van der Waals surface area contributed by atoms with Crippen molar-refractivity contribution >= 4 is 23.1 Å². The number of piperidine rings is 1. The summed E-state index contributed by atoms with van der Waals surface area (Å²) >= 11 is 5.78. The largest absolute Gasteiger partial charge is 0.390 e. The molecule has 1 aromatic heterocycles. The van der Waals surface area contributed by atoms with Gasteiger partial charge in [0.2, 0.25) is 0 Å². The van der Waals surface area contributed by atoms with E-state index in [4.69, 9.17) is 11.6 Å². The highest BCUT2D eigenvalue weighted by atomic mass is 35.5. The highest BCUT2D eigenvalue weighted by molar-refractivity contribution is 6.29. The fourth-order valence-corrected chi connectivity index (χ4v) is 2.15. The quantitative estimate of drug-likeness (QED) is 0.505. The van der Waals surface area contributed by atoms with E-state index in [1.807, 2.05) is 4.90 Å². The average Bonchev–Trinajstić information content (AvgIpc) is 2.28. The van der Waals surface area contributed by atoms with Gasteiger partial charge in [-0.15, -0.1) is 0 Å². The van der Waals surface area contributed by atoms with Gasteiger partial charge in [-0.3, -0.25) is 10.1 Å². The molecule has 0 spiro atoms. The summed E-state index contributed by atoms with van der Waals surface area (Å²) < 4.78 is 0. The van der Waals surface area contributed by atoms with Gasteiger partial charge in [0.25, 0.3) is 5.69 Å². The highest BCUT2D eigenvalue weighted by Crippen LogP contribution is 2.28. The first kappa shape index (κ1) is 13.0. The molecule has 7 heteroatoms. The van der Waals surface area contributed by atoms with Crippen molar-refractivity contribution in [2.45, 2.75) is 25.4 Å². The molecule has 1 saturated heterocycles. The van der Waals surface area contributed by atoms with Crippen LogP contribution in [0.1, 0.15) is 19.8 Å². The van der Waals surface area contributed by atoms with Crippen LogP contribution in [-0.2, 0) is 0 Å². The normalized spacial score (nSPS) is 18.7. The van der Waals surface area contributed by atoms with E-state index in [2.05, 4.69) is 4.98 Å². The van der Waals surface area contributed by atoms with E-state index in [0.29, 0.717) is 31.7 Å². The zero-order chi connectivity index (χ0) is 13.3. The third-order valence-corrected chi connectivity index (χ3v) is 3.33. The zero-order valence-electron chi connectivity index (χ0n) is 9.97. The van der Waals surface area contributed by atoms with Crippen LogP contribution in [0.5, 0.6) is 0 Å². The van der Waals surface area contributed by atoms with E-state index in [1.54, 1.807) is 6.92 Å². The Bertz CT molecular complexity index is 469. The number of aromatic nitrogens is 1. The summed E-state index contributed by atoms with van der Waals surface area (Å²) in [6.07, 6.45) is 1.21. The van der Waals surface area contributed by atoms with Crippen LogP contribution in [0.2, 0.25) is 5.15 Å². The summed E-state index contributed by atoms with van der Waals surface area (Å²) in [7, 11) is 0. The van der Waals surface area contributed by atoms with Gasteiger partial charge in [0, 0.05) is 13.1 Å². The first-order chi connectivity index (χ1) is 8.37. The SMILES string of the molecule is CC1(O)CCN(c2cc([N+](=O)[O-])cc(Cl)n2)CC1. The molecule has 18 heavy (non-hydrogen) atoms. The van der Waals surface area contributed by atoms with Gasteiger partial charge >= 0.3 is 0 Å². The summed E-state index contributed by atoms with van der Waals surface area (Å²) in [5.41, 5.74) is -0.733. The standard InChI is InChI=1S/C11H14ClN3O3/c1-11(16)2-4-14(5-3-11)10-7-8(15(17)18)6-9(12)13-10/h6-7,16H,2-5H2,1H3. The molecule has 0 saturated carbocycles. The van der Waals surface area contributed by atoms with Gasteiger partial charge in [-0.05, 0) is 19.8 Å². The number of pyridine rings is 1. The number of anilines is 1. The van der Waals surface area contributed by atoms with Crippen molar-refractivity contribution in [3.05, 3.63) is 27.4 Å². The number of nitro groups is 1. The summed E-state index contributed by atoms with van der Waals surface area (Å²) in [5, 5.41) is 20.7. The maximum absolute atomic E-state index is 10.8. The number of hydrogen-bond donors (Lipinski definition) is 1. The lowest BCUT2D eigenvalue weighted by Gasteiger charge is -2.36. The maximum atomic E-state index is 10.8. The van der Waals surface area contributed by atoms with Crippen molar-refractivity contribution in [1.82, 2.24) is 4.98 Å². The van der Waals surface area contributed by atoms with Crippen molar-refractivity contribution < 1.29 is 10.0 Å². The van der Waals surface area contributed by atoms with Crippen LogP contribution >= 0.6 is 11.6 Å². The third kappa shape index (κ3) is 2.88. The van der Waals surface area contributed by atoms with Crippen molar-refractivity contribution in [3.63, 3.8) is 0 Å². The Morgan fingerprint density at radius 1 is 1.50 bits per heavy atom. The zero-order valence-corrected chi connectivity index (χ0v) is 10.7. The van der Waals surface area contributed by atoms with Gasteiger partial charge in [-0.2, -0.15) is 0 Å². The fraction of sp³-hybridized carbons (Fsp3) is 0.545. The van der Waals surface area contributed by atoms with E-state index in [-0.39, 0.29) is 10.8 Å². The number of aliphatic hydroxyl groups is 1. The van der Waals surface area contributed by atoms with Crippen molar-refractivity contribution in [2.75, 3.05) is 18.0 Å². The fourth-order valence-electron chi connectivity index (χ4n) is 1.95. The molecule has 1 aliphatic heterocycles. The minimum atomic E-state index is -0.666. The molecule has 0 radical (unpaired) electrons. The average molecular weight is 272 g/mol. The molecular formula is C11H14ClN3O3. The Hall–Kier alpha value is -1.40. The molecular weight excluding hydrogens is 258 g/mol.